The Labute approximate surface area is 182 Å². The summed E-state index contributed by atoms with van der Waals surface area (Å²) in [6.07, 6.45) is 4.33. The summed E-state index contributed by atoms with van der Waals surface area (Å²) in [7, 11) is 0. The minimum atomic E-state index is -0.619. The van der Waals surface area contributed by atoms with Crippen molar-refractivity contribution in [2.75, 3.05) is 44.4 Å². The third-order valence-electron chi connectivity index (χ3n) is 6.31. The molecular formula is C23H30FN5O2. The van der Waals surface area contributed by atoms with Crippen LogP contribution in [0.3, 0.4) is 0 Å². The van der Waals surface area contributed by atoms with Crippen LogP contribution in [0.25, 0.3) is 0 Å². The first-order valence-corrected chi connectivity index (χ1v) is 10.9. The first-order valence-electron chi connectivity index (χ1n) is 10.9. The molecule has 4 rings (SSSR count). The highest BCUT2D eigenvalue weighted by molar-refractivity contribution is 5.94. The number of nitrogens with one attached hydrogen (secondary N) is 1. The van der Waals surface area contributed by atoms with E-state index < -0.39 is 12.7 Å². The fraction of sp³-hybridized carbons (Fsp3) is 0.522. The Bertz CT molecular complexity index is 893. The second kappa shape index (κ2) is 9.18. The van der Waals surface area contributed by atoms with Crippen molar-refractivity contribution in [1.29, 1.82) is 0 Å². The molecule has 2 atom stereocenters. The maximum Gasteiger partial charge on any atom is 0.254 e. The van der Waals surface area contributed by atoms with Crippen molar-refractivity contribution in [1.82, 2.24) is 20.2 Å². The molecule has 2 aliphatic rings. The Morgan fingerprint density at radius 3 is 2.71 bits per heavy atom. The van der Waals surface area contributed by atoms with Crippen LogP contribution in [0.2, 0.25) is 0 Å². The minimum Gasteiger partial charge on any atom is -0.486 e. The van der Waals surface area contributed by atoms with Gasteiger partial charge in [-0.3, -0.25) is 4.79 Å². The van der Waals surface area contributed by atoms with Gasteiger partial charge in [-0.1, -0.05) is 18.2 Å². The molecule has 8 heteroatoms. The van der Waals surface area contributed by atoms with E-state index in [9.17, 15) is 9.18 Å². The summed E-state index contributed by atoms with van der Waals surface area (Å²) >= 11 is 0. The molecule has 166 valence electrons. The lowest BCUT2D eigenvalue weighted by atomic mass is 9.81. The summed E-state index contributed by atoms with van der Waals surface area (Å²) in [5.74, 6) is 1.18. The highest BCUT2D eigenvalue weighted by Gasteiger charge is 2.43. The molecule has 1 spiro atoms. The van der Waals surface area contributed by atoms with E-state index in [0.717, 1.165) is 38.4 Å². The fourth-order valence-corrected chi connectivity index (χ4v) is 4.46. The highest BCUT2D eigenvalue weighted by atomic mass is 19.1. The van der Waals surface area contributed by atoms with Crippen LogP contribution >= 0.6 is 0 Å². The van der Waals surface area contributed by atoms with Gasteiger partial charge in [0, 0.05) is 37.2 Å². The lowest BCUT2D eigenvalue weighted by Gasteiger charge is -2.39. The molecule has 0 aliphatic carbocycles. The molecule has 1 aromatic heterocycles. The second-order valence-electron chi connectivity index (χ2n) is 8.73. The SMILES string of the molecule is CC(CF)N(C(=O)c1ccccc1)C(C)COc1cncnc1N1CCC2(CNC2)C1. The lowest BCUT2D eigenvalue weighted by molar-refractivity contribution is 0.0502. The largest absolute Gasteiger partial charge is 0.486 e. The summed E-state index contributed by atoms with van der Waals surface area (Å²) in [5.41, 5.74) is 0.875. The number of benzene rings is 1. The van der Waals surface area contributed by atoms with E-state index >= 15 is 0 Å². The highest BCUT2D eigenvalue weighted by Crippen LogP contribution is 2.38. The van der Waals surface area contributed by atoms with Crippen molar-refractivity contribution in [3.63, 3.8) is 0 Å². The van der Waals surface area contributed by atoms with E-state index in [1.54, 1.807) is 42.3 Å². The molecule has 1 aromatic carbocycles. The second-order valence-corrected chi connectivity index (χ2v) is 8.73. The molecule has 31 heavy (non-hydrogen) atoms. The van der Waals surface area contributed by atoms with Crippen LogP contribution in [0.4, 0.5) is 10.2 Å². The van der Waals surface area contributed by atoms with E-state index in [4.69, 9.17) is 4.74 Å². The number of carbonyl (C=O) groups is 1. The van der Waals surface area contributed by atoms with Gasteiger partial charge in [0.25, 0.3) is 5.91 Å². The lowest BCUT2D eigenvalue weighted by Crippen LogP contribution is -2.54. The topological polar surface area (TPSA) is 70.6 Å². The van der Waals surface area contributed by atoms with Crippen LogP contribution in [-0.2, 0) is 0 Å². The van der Waals surface area contributed by atoms with Gasteiger partial charge >= 0.3 is 0 Å². The molecule has 1 N–H and O–H groups in total. The van der Waals surface area contributed by atoms with E-state index in [0.29, 0.717) is 16.7 Å². The van der Waals surface area contributed by atoms with Crippen molar-refractivity contribution < 1.29 is 13.9 Å². The van der Waals surface area contributed by atoms with Gasteiger partial charge in [-0.15, -0.1) is 0 Å². The van der Waals surface area contributed by atoms with Crippen molar-refractivity contribution in [3.8, 4) is 5.75 Å². The van der Waals surface area contributed by atoms with Gasteiger partial charge < -0.3 is 19.9 Å². The number of nitrogens with zero attached hydrogens (tertiary/aromatic N) is 4. The zero-order chi connectivity index (χ0) is 21.8. The molecule has 7 nitrogen and oxygen atoms in total. The van der Waals surface area contributed by atoms with Gasteiger partial charge in [-0.2, -0.15) is 0 Å². The van der Waals surface area contributed by atoms with Crippen LogP contribution in [-0.4, -0.2) is 72.3 Å². The average molecular weight is 428 g/mol. The monoisotopic (exact) mass is 427 g/mol. The van der Waals surface area contributed by atoms with Gasteiger partial charge in [-0.05, 0) is 32.4 Å². The Morgan fingerprint density at radius 1 is 1.29 bits per heavy atom. The Morgan fingerprint density at radius 2 is 2.06 bits per heavy atom. The number of rotatable bonds is 8. The first-order chi connectivity index (χ1) is 15.0. The summed E-state index contributed by atoms with van der Waals surface area (Å²) in [6.45, 7) is 7.16. The molecule has 2 saturated heterocycles. The van der Waals surface area contributed by atoms with Crippen molar-refractivity contribution in [3.05, 3.63) is 48.4 Å². The molecule has 1 amide bonds. The standard InChI is InChI=1S/C23H30FN5O2/c1-17(10-24)29(22(30)19-6-4-3-5-7-19)18(2)12-31-20-11-25-16-27-21(20)28-9-8-23(15-28)13-26-14-23/h3-7,11,16-18,26H,8-10,12-15H2,1-2H3. The number of hydrogen-bond donors (Lipinski definition) is 1. The third kappa shape index (κ3) is 4.49. The fourth-order valence-electron chi connectivity index (χ4n) is 4.46. The number of anilines is 1. The molecule has 2 aromatic rings. The normalized spacial score (nSPS) is 19.0. The van der Waals surface area contributed by atoms with Gasteiger partial charge in [-0.25, -0.2) is 14.4 Å². The first kappa shape index (κ1) is 21.5. The number of carbonyl (C=O) groups excluding carboxylic acids is 1. The number of aromatic nitrogens is 2. The molecule has 0 saturated carbocycles. The van der Waals surface area contributed by atoms with Gasteiger partial charge in [0.05, 0.1) is 18.3 Å². The third-order valence-corrected chi connectivity index (χ3v) is 6.31. The Balaban J connectivity index is 1.46. The van der Waals surface area contributed by atoms with Crippen molar-refractivity contribution >= 4 is 11.7 Å². The van der Waals surface area contributed by atoms with E-state index in [2.05, 4.69) is 20.2 Å². The zero-order valence-electron chi connectivity index (χ0n) is 18.1. The van der Waals surface area contributed by atoms with Crippen LogP contribution in [0, 0.1) is 5.41 Å². The maximum atomic E-state index is 13.6. The van der Waals surface area contributed by atoms with Crippen LogP contribution in [0.1, 0.15) is 30.6 Å². The predicted molar refractivity (Wildman–Crippen MR) is 117 cm³/mol. The molecule has 2 unspecified atom stereocenters. The zero-order valence-corrected chi connectivity index (χ0v) is 18.1. The van der Waals surface area contributed by atoms with Gasteiger partial charge in [0.15, 0.2) is 11.6 Å². The van der Waals surface area contributed by atoms with E-state index in [-0.39, 0.29) is 18.6 Å². The van der Waals surface area contributed by atoms with Crippen molar-refractivity contribution in [2.24, 2.45) is 5.41 Å². The number of hydrogen-bond acceptors (Lipinski definition) is 6. The molecule has 3 heterocycles. The quantitative estimate of drug-likeness (QED) is 0.698. The number of ether oxygens (including phenoxy) is 1. The van der Waals surface area contributed by atoms with Crippen molar-refractivity contribution in [2.45, 2.75) is 32.4 Å². The summed E-state index contributed by atoms with van der Waals surface area (Å²) in [6, 6.07) is 8.08. The predicted octanol–water partition coefficient (Wildman–Crippen LogP) is 2.54. The number of alkyl halides is 1. The van der Waals surface area contributed by atoms with E-state index in [1.165, 1.54) is 6.33 Å². The molecule has 0 radical (unpaired) electrons. The minimum absolute atomic E-state index is 0.203. The van der Waals surface area contributed by atoms with Crippen LogP contribution in [0.15, 0.2) is 42.9 Å². The molecular weight excluding hydrogens is 397 g/mol. The number of amides is 1. The maximum absolute atomic E-state index is 13.6. The summed E-state index contributed by atoms with van der Waals surface area (Å²) in [5, 5.41) is 3.36. The van der Waals surface area contributed by atoms with Crippen LogP contribution < -0.4 is 15.0 Å². The van der Waals surface area contributed by atoms with Crippen LogP contribution in [0.5, 0.6) is 5.75 Å². The molecule has 2 aliphatic heterocycles. The molecule has 2 fully saturated rings. The smallest absolute Gasteiger partial charge is 0.254 e. The Kier molecular flexibility index (Phi) is 6.36. The summed E-state index contributed by atoms with van der Waals surface area (Å²) < 4.78 is 19.6. The van der Waals surface area contributed by atoms with Gasteiger partial charge in [0.2, 0.25) is 0 Å². The number of halogens is 1. The summed E-state index contributed by atoms with van der Waals surface area (Å²) in [4.78, 5) is 25.5. The van der Waals surface area contributed by atoms with Gasteiger partial charge in [0.1, 0.15) is 19.6 Å². The average Bonchev–Trinajstić information content (AvgIpc) is 3.25. The molecule has 0 bridgehead atoms. The van der Waals surface area contributed by atoms with E-state index in [1.807, 2.05) is 13.0 Å². The Hall–Kier alpha value is -2.74.